The van der Waals surface area contributed by atoms with Crippen LogP contribution in [-0.2, 0) is 0 Å². The van der Waals surface area contributed by atoms with Crippen LogP contribution in [0.25, 0.3) is 0 Å². The molecular formula is C15H12BrClN2O2. The number of carbonyl (C=O) groups is 2. The number of hydrogen-bond donors (Lipinski definition) is 2. The minimum absolute atomic E-state index is 0.0196. The number of benzene rings is 2. The number of hydrogen-bond acceptors (Lipinski definition) is 2. The second kappa shape index (κ2) is 6.74. The molecule has 0 fully saturated rings. The Hall–Kier alpha value is -1.85. The number of carbonyl (C=O) groups excluding carboxylic acids is 2. The molecule has 21 heavy (non-hydrogen) atoms. The van der Waals surface area contributed by atoms with Crippen LogP contribution in [0.1, 0.15) is 17.3 Å². The van der Waals surface area contributed by atoms with Gasteiger partial charge in [0.25, 0.3) is 0 Å². The third-order valence-corrected chi connectivity index (χ3v) is 4.15. The predicted molar refractivity (Wildman–Crippen MR) is 88.2 cm³/mol. The zero-order valence-corrected chi connectivity index (χ0v) is 13.5. The van der Waals surface area contributed by atoms with Gasteiger partial charge in [-0.05, 0) is 59.3 Å². The third kappa shape index (κ3) is 4.06. The first kappa shape index (κ1) is 15.5. The first-order valence-electron chi connectivity index (χ1n) is 6.10. The lowest BCUT2D eigenvalue weighted by molar-refractivity contribution is 0.101. The van der Waals surface area contributed by atoms with Gasteiger partial charge in [0.15, 0.2) is 5.78 Å². The molecule has 108 valence electrons. The van der Waals surface area contributed by atoms with Crippen molar-refractivity contribution in [1.82, 2.24) is 0 Å². The molecule has 0 saturated carbocycles. The summed E-state index contributed by atoms with van der Waals surface area (Å²) in [4.78, 5) is 23.1. The number of halogens is 2. The minimum atomic E-state index is -0.395. The van der Waals surface area contributed by atoms with Crippen LogP contribution >= 0.6 is 27.5 Å². The topological polar surface area (TPSA) is 58.2 Å². The monoisotopic (exact) mass is 366 g/mol. The molecule has 6 heteroatoms. The van der Waals surface area contributed by atoms with E-state index in [1.165, 1.54) is 6.92 Å². The van der Waals surface area contributed by atoms with E-state index in [0.29, 0.717) is 26.4 Å². The summed E-state index contributed by atoms with van der Waals surface area (Å²) in [5, 5.41) is 5.88. The lowest BCUT2D eigenvalue weighted by Crippen LogP contribution is -2.19. The summed E-state index contributed by atoms with van der Waals surface area (Å²) in [6.07, 6.45) is 0. The molecule has 2 aromatic carbocycles. The highest BCUT2D eigenvalue weighted by Crippen LogP contribution is 2.30. The molecule has 2 N–H and O–H groups in total. The van der Waals surface area contributed by atoms with Crippen LogP contribution in [0.4, 0.5) is 16.2 Å². The fraction of sp³-hybridized carbons (Fsp3) is 0.0667. The van der Waals surface area contributed by atoms with E-state index >= 15 is 0 Å². The number of nitrogens with one attached hydrogen (secondary N) is 2. The normalized spacial score (nSPS) is 10.0. The number of urea groups is 1. The van der Waals surface area contributed by atoms with Crippen LogP contribution < -0.4 is 10.6 Å². The molecule has 0 heterocycles. The second-order valence-electron chi connectivity index (χ2n) is 4.31. The molecule has 0 aliphatic heterocycles. The Kier molecular flexibility index (Phi) is 4.98. The van der Waals surface area contributed by atoms with Gasteiger partial charge < -0.3 is 10.6 Å². The van der Waals surface area contributed by atoms with Gasteiger partial charge in [-0.15, -0.1) is 0 Å². The van der Waals surface area contributed by atoms with Gasteiger partial charge in [-0.2, -0.15) is 0 Å². The lowest BCUT2D eigenvalue weighted by Gasteiger charge is -2.10. The summed E-state index contributed by atoms with van der Waals surface area (Å²) < 4.78 is 0.619. The molecule has 2 aromatic rings. The summed E-state index contributed by atoms with van der Waals surface area (Å²) in [6.45, 7) is 1.49. The van der Waals surface area contributed by atoms with Crippen LogP contribution in [-0.4, -0.2) is 11.8 Å². The molecule has 0 aliphatic rings. The predicted octanol–water partition coefficient (Wildman–Crippen LogP) is 4.95. The average Bonchev–Trinajstić information content (AvgIpc) is 2.44. The lowest BCUT2D eigenvalue weighted by atomic mass is 10.1. The molecule has 0 aromatic heterocycles. The molecule has 0 atom stereocenters. The number of Topliss-reactive ketones (excluding diaryl/α,β-unsaturated/α-hetero) is 1. The standard InChI is InChI=1S/C15H12BrClN2O2/c1-9(20)10-5-7-11(8-6-10)18-15(21)19-13-4-2-3-12(17)14(13)16/h2-8H,1H3,(H2,18,19,21). The summed E-state index contributed by atoms with van der Waals surface area (Å²) in [7, 11) is 0. The molecule has 0 unspecified atom stereocenters. The highest BCUT2D eigenvalue weighted by Gasteiger charge is 2.08. The van der Waals surface area contributed by atoms with Crippen molar-refractivity contribution in [3.8, 4) is 0 Å². The van der Waals surface area contributed by atoms with Crippen LogP contribution in [0.5, 0.6) is 0 Å². The van der Waals surface area contributed by atoms with Gasteiger partial charge in [0.1, 0.15) is 0 Å². The van der Waals surface area contributed by atoms with E-state index in [1.807, 2.05) is 0 Å². The first-order chi connectivity index (χ1) is 9.97. The molecule has 0 aliphatic carbocycles. The Morgan fingerprint density at radius 3 is 2.33 bits per heavy atom. The van der Waals surface area contributed by atoms with Crippen molar-refractivity contribution in [2.45, 2.75) is 6.92 Å². The fourth-order valence-corrected chi connectivity index (χ4v) is 2.21. The van der Waals surface area contributed by atoms with Crippen molar-refractivity contribution in [3.05, 3.63) is 57.5 Å². The SMILES string of the molecule is CC(=O)c1ccc(NC(=O)Nc2cccc(Cl)c2Br)cc1. The fourth-order valence-electron chi connectivity index (χ4n) is 1.67. The molecule has 4 nitrogen and oxygen atoms in total. The van der Waals surface area contributed by atoms with Crippen LogP contribution in [0, 0.1) is 0 Å². The van der Waals surface area contributed by atoms with Gasteiger partial charge >= 0.3 is 6.03 Å². The zero-order chi connectivity index (χ0) is 15.4. The largest absolute Gasteiger partial charge is 0.323 e. The van der Waals surface area contributed by atoms with E-state index in [-0.39, 0.29) is 5.78 Å². The van der Waals surface area contributed by atoms with E-state index in [0.717, 1.165) is 0 Å². The summed E-state index contributed by atoms with van der Waals surface area (Å²) in [6, 6.07) is 11.5. The highest BCUT2D eigenvalue weighted by molar-refractivity contribution is 9.10. The molecule has 0 spiro atoms. The Morgan fingerprint density at radius 1 is 1.05 bits per heavy atom. The van der Waals surface area contributed by atoms with E-state index in [4.69, 9.17) is 11.6 Å². The molecule has 0 radical (unpaired) electrons. The quantitative estimate of drug-likeness (QED) is 0.754. The number of ketones is 1. The maximum Gasteiger partial charge on any atom is 0.323 e. The average molecular weight is 368 g/mol. The molecular weight excluding hydrogens is 356 g/mol. The molecule has 0 bridgehead atoms. The van der Waals surface area contributed by atoms with E-state index < -0.39 is 6.03 Å². The van der Waals surface area contributed by atoms with Gasteiger partial charge in [-0.3, -0.25) is 4.79 Å². The summed E-state index contributed by atoms with van der Waals surface area (Å²) in [5.74, 6) is -0.0196. The third-order valence-electron chi connectivity index (χ3n) is 2.75. The van der Waals surface area contributed by atoms with Crippen LogP contribution in [0.2, 0.25) is 5.02 Å². The molecule has 2 rings (SSSR count). The van der Waals surface area contributed by atoms with Crippen LogP contribution in [0.15, 0.2) is 46.9 Å². The number of amides is 2. The molecule has 2 amide bonds. The van der Waals surface area contributed by atoms with Crippen molar-refractivity contribution >= 4 is 50.7 Å². The Morgan fingerprint density at radius 2 is 1.71 bits per heavy atom. The number of anilines is 2. The maximum absolute atomic E-state index is 11.9. The highest BCUT2D eigenvalue weighted by atomic mass is 79.9. The zero-order valence-electron chi connectivity index (χ0n) is 11.1. The van der Waals surface area contributed by atoms with E-state index in [9.17, 15) is 9.59 Å². The van der Waals surface area contributed by atoms with Gasteiger partial charge in [0, 0.05) is 11.3 Å². The van der Waals surface area contributed by atoms with Gasteiger partial charge in [0.2, 0.25) is 0 Å². The Labute approximate surface area is 135 Å². The molecule has 0 saturated heterocycles. The number of rotatable bonds is 3. The first-order valence-corrected chi connectivity index (χ1v) is 7.27. The van der Waals surface area contributed by atoms with E-state index in [2.05, 4.69) is 26.6 Å². The van der Waals surface area contributed by atoms with Crippen molar-refractivity contribution in [3.63, 3.8) is 0 Å². The second-order valence-corrected chi connectivity index (χ2v) is 5.51. The van der Waals surface area contributed by atoms with Crippen molar-refractivity contribution in [1.29, 1.82) is 0 Å². The summed E-state index contributed by atoms with van der Waals surface area (Å²) in [5.41, 5.74) is 1.76. The smallest absolute Gasteiger partial charge is 0.308 e. The Balaban J connectivity index is 2.04. The minimum Gasteiger partial charge on any atom is -0.308 e. The Bertz CT molecular complexity index is 687. The van der Waals surface area contributed by atoms with Gasteiger partial charge in [-0.1, -0.05) is 17.7 Å². The van der Waals surface area contributed by atoms with Crippen molar-refractivity contribution in [2.75, 3.05) is 10.6 Å². The van der Waals surface area contributed by atoms with Crippen LogP contribution in [0.3, 0.4) is 0 Å². The maximum atomic E-state index is 11.9. The van der Waals surface area contributed by atoms with Crippen molar-refractivity contribution in [2.24, 2.45) is 0 Å². The van der Waals surface area contributed by atoms with Gasteiger partial charge in [-0.25, -0.2) is 4.79 Å². The van der Waals surface area contributed by atoms with Crippen molar-refractivity contribution < 1.29 is 9.59 Å². The van der Waals surface area contributed by atoms with Gasteiger partial charge in [0.05, 0.1) is 15.2 Å². The van der Waals surface area contributed by atoms with E-state index in [1.54, 1.807) is 42.5 Å². The summed E-state index contributed by atoms with van der Waals surface area (Å²) >= 11 is 9.26.